The van der Waals surface area contributed by atoms with Gasteiger partial charge < -0.3 is 24.6 Å². The van der Waals surface area contributed by atoms with Crippen LogP contribution < -0.4 is 15.0 Å². The number of cyclic esters (lactones) is 1. The molecule has 1 unspecified atom stereocenters. The van der Waals surface area contributed by atoms with Crippen LogP contribution in [0.3, 0.4) is 0 Å². The molecule has 8 nitrogen and oxygen atoms in total. The molecule has 0 spiro atoms. The minimum atomic E-state index is -0.637. The number of aromatic nitrogens is 1. The number of carbonyl (C=O) groups excluding carboxylic acids is 2. The van der Waals surface area contributed by atoms with Crippen LogP contribution in [0.25, 0.3) is 0 Å². The van der Waals surface area contributed by atoms with E-state index < -0.39 is 18.0 Å². The molecule has 156 valence electrons. The van der Waals surface area contributed by atoms with Crippen molar-refractivity contribution in [2.75, 3.05) is 50.6 Å². The second-order valence-electron chi connectivity index (χ2n) is 7.32. The van der Waals surface area contributed by atoms with E-state index in [4.69, 9.17) is 9.47 Å². The van der Waals surface area contributed by atoms with Gasteiger partial charge in [-0.25, -0.2) is 4.79 Å². The molecule has 0 saturated carbocycles. The normalized spacial score (nSPS) is 19.3. The van der Waals surface area contributed by atoms with Crippen LogP contribution in [0.2, 0.25) is 0 Å². The van der Waals surface area contributed by atoms with Gasteiger partial charge in [-0.05, 0) is 49.0 Å². The van der Waals surface area contributed by atoms with E-state index in [-0.39, 0.29) is 5.57 Å². The van der Waals surface area contributed by atoms with Gasteiger partial charge in [0.15, 0.2) is 0 Å². The molecule has 8 heteroatoms. The van der Waals surface area contributed by atoms with Gasteiger partial charge in [-0.15, -0.1) is 0 Å². The highest BCUT2D eigenvalue weighted by Crippen LogP contribution is 2.33. The van der Waals surface area contributed by atoms with Gasteiger partial charge in [0, 0.05) is 44.3 Å². The van der Waals surface area contributed by atoms with Crippen LogP contribution in [0.15, 0.2) is 54.4 Å². The van der Waals surface area contributed by atoms with E-state index in [1.807, 2.05) is 12.1 Å². The first kappa shape index (κ1) is 19.9. The third-order valence-electron chi connectivity index (χ3n) is 5.33. The Morgan fingerprint density at radius 3 is 2.60 bits per heavy atom. The second-order valence-corrected chi connectivity index (χ2v) is 7.32. The third-order valence-corrected chi connectivity index (χ3v) is 5.33. The van der Waals surface area contributed by atoms with Crippen LogP contribution in [-0.4, -0.2) is 62.1 Å². The number of carbonyl (C=O) groups is 2. The summed E-state index contributed by atoms with van der Waals surface area (Å²) in [4.78, 5) is 33.4. The minimum Gasteiger partial charge on any atom is -0.495 e. The Balaban J connectivity index is 1.52. The molecule has 30 heavy (non-hydrogen) atoms. The molecule has 2 aliphatic heterocycles. The predicted molar refractivity (Wildman–Crippen MR) is 112 cm³/mol. The van der Waals surface area contributed by atoms with E-state index in [1.54, 1.807) is 37.7 Å². The Morgan fingerprint density at radius 2 is 1.90 bits per heavy atom. The van der Waals surface area contributed by atoms with Crippen LogP contribution in [0.4, 0.5) is 11.4 Å². The van der Waals surface area contributed by atoms with E-state index in [9.17, 15) is 9.59 Å². The molecule has 1 N–H and O–H groups in total. The number of hydrogen-bond acceptors (Lipinski definition) is 7. The number of ether oxygens (including phenoxy) is 2. The van der Waals surface area contributed by atoms with E-state index in [1.165, 1.54) is 6.08 Å². The monoisotopic (exact) mass is 408 g/mol. The summed E-state index contributed by atoms with van der Waals surface area (Å²) in [7, 11) is 3.73. The van der Waals surface area contributed by atoms with Crippen molar-refractivity contribution >= 4 is 23.3 Å². The smallest absolute Gasteiger partial charge is 0.344 e. The molecule has 1 amide bonds. The van der Waals surface area contributed by atoms with E-state index in [2.05, 4.69) is 27.1 Å². The third kappa shape index (κ3) is 4.13. The highest BCUT2D eigenvalue weighted by atomic mass is 16.5. The van der Waals surface area contributed by atoms with Crippen LogP contribution >= 0.6 is 0 Å². The number of benzene rings is 1. The lowest BCUT2D eigenvalue weighted by molar-refractivity contribution is -0.140. The lowest BCUT2D eigenvalue weighted by atomic mass is 10.1. The second kappa shape index (κ2) is 8.54. The van der Waals surface area contributed by atoms with Crippen molar-refractivity contribution in [3.8, 4) is 5.75 Å². The van der Waals surface area contributed by atoms with E-state index in [0.717, 1.165) is 43.2 Å². The lowest BCUT2D eigenvalue weighted by Crippen LogP contribution is -2.44. The van der Waals surface area contributed by atoms with Crippen molar-refractivity contribution in [1.29, 1.82) is 0 Å². The molecule has 4 rings (SSSR count). The molecule has 1 saturated heterocycles. The number of hydrogen-bond donors (Lipinski definition) is 1. The number of anilines is 2. The maximum absolute atomic E-state index is 12.7. The summed E-state index contributed by atoms with van der Waals surface area (Å²) in [6, 6.07) is 8.97. The fourth-order valence-corrected chi connectivity index (χ4v) is 3.58. The summed E-state index contributed by atoms with van der Waals surface area (Å²) in [5, 5.41) is 2.81. The Morgan fingerprint density at radius 1 is 1.17 bits per heavy atom. The number of methoxy groups -OCH3 is 1. The first-order valence-corrected chi connectivity index (χ1v) is 9.81. The van der Waals surface area contributed by atoms with Crippen molar-refractivity contribution in [2.24, 2.45) is 0 Å². The fraction of sp³-hybridized carbons (Fsp3) is 0.318. The van der Waals surface area contributed by atoms with E-state index >= 15 is 0 Å². The van der Waals surface area contributed by atoms with Gasteiger partial charge in [-0.2, -0.15) is 0 Å². The van der Waals surface area contributed by atoms with Gasteiger partial charge in [-0.3, -0.25) is 9.78 Å². The molecular weight excluding hydrogens is 384 g/mol. The summed E-state index contributed by atoms with van der Waals surface area (Å²) in [5.41, 5.74) is 2.27. The first-order valence-electron chi connectivity index (χ1n) is 9.81. The molecule has 2 aromatic rings. The quantitative estimate of drug-likeness (QED) is 0.598. The van der Waals surface area contributed by atoms with Gasteiger partial charge in [0.1, 0.15) is 17.4 Å². The standard InChI is InChI=1S/C22H24N4O4/c1-25-9-11-26(12-10-25)18-13-16(3-4-19(18)29-2)24-21(27)17-14-20(30-22(17)28)15-5-7-23-8-6-15/h3-8,13-14,20H,9-12H2,1-2H3,(H,24,27). The van der Waals surface area contributed by atoms with Crippen molar-refractivity contribution in [2.45, 2.75) is 6.10 Å². The Kier molecular flexibility index (Phi) is 5.67. The number of amides is 1. The number of nitrogens with zero attached hydrogens (tertiary/aromatic N) is 3. The zero-order valence-electron chi connectivity index (χ0n) is 17.0. The van der Waals surface area contributed by atoms with Gasteiger partial charge >= 0.3 is 5.97 Å². The average molecular weight is 408 g/mol. The number of esters is 1. The molecule has 0 radical (unpaired) electrons. The Hall–Kier alpha value is -3.39. The van der Waals surface area contributed by atoms with Crippen LogP contribution in [0.5, 0.6) is 5.75 Å². The van der Waals surface area contributed by atoms with Gasteiger partial charge in [0.25, 0.3) is 5.91 Å². The van der Waals surface area contributed by atoms with Crippen LogP contribution in [0, 0.1) is 0 Å². The van der Waals surface area contributed by atoms with Crippen molar-refractivity contribution in [3.05, 3.63) is 59.9 Å². The zero-order chi connectivity index (χ0) is 21.1. The number of piperazine rings is 1. The van der Waals surface area contributed by atoms with Crippen molar-refractivity contribution in [1.82, 2.24) is 9.88 Å². The zero-order valence-corrected chi connectivity index (χ0v) is 17.0. The molecule has 1 aromatic heterocycles. The Bertz CT molecular complexity index is 968. The summed E-state index contributed by atoms with van der Waals surface area (Å²) in [6.07, 6.45) is 4.19. The Labute approximate surface area is 175 Å². The van der Waals surface area contributed by atoms with Gasteiger partial charge in [-0.1, -0.05) is 0 Å². The van der Waals surface area contributed by atoms with Gasteiger partial charge in [0.2, 0.25) is 0 Å². The maximum atomic E-state index is 12.7. The molecule has 1 aromatic carbocycles. The number of likely N-dealkylation sites (N-methyl/N-ethyl adjacent to an activating group) is 1. The number of rotatable bonds is 5. The van der Waals surface area contributed by atoms with Crippen LogP contribution in [0.1, 0.15) is 11.7 Å². The van der Waals surface area contributed by atoms with Crippen molar-refractivity contribution < 1.29 is 19.1 Å². The molecule has 0 bridgehead atoms. The maximum Gasteiger partial charge on any atom is 0.344 e. The SMILES string of the molecule is COc1ccc(NC(=O)C2=CC(c3ccncc3)OC2=O)cc1N1CCN(C)CC1. The van der Waals surface area contributed by atoms with Crippen molar-refractivity contribution in [3.63, 3.8) is 0 Å². The fourth-order valence-electron chi connectivity index (χ4n) is 3.58. The van der Waals surface area contributed by atoms with Gasteiger partial charge in [0.05, 0.1) is 12.8 Å². The summed E-state index contributed by atoms with van der Waals surface area (Å²) >= 11 is 0. The minimum absolute atomic E-state index is 0.00576. The summed E-state index contributed by atoms with van der Waals surface area (Å²) in [5.74, 6) is -0.386. The molecule has 0 aliphatic carbocycles. The summed E-state index contributed by atoms with van der Waals surface area (Å²) in [6.45, 7) is 3.65. The average Bonchev–Trinajstić information content (AvgIpc) is 3.17. The largest absolute Gasteiger partial charge is 0.495 e. The topological polar surface area (TPSA) is 84.0 Å². The molecule has 1 fully saturated rings. The van der Waals surface area contributed by atoms with E-state index in [0.29, 0.717) is 5.69 Å². The summed E-state index contributed by atoms with van der Waals surface area (Å²) < 4.78 is 10.8. The first-order chi connectivity index (χ1) is 14.5. The predicted octanol–water partition coefficient (Wildman–Crippen LogP) is 2.00. The molecule has 2 aliphatic rings. The molecule has 3 heterocycles. The highest BCUT2D eigenvalue weighted by molar-refractivity contribution is 6.22. The highest BCUT2D eigenvalue weighted by Gasteiger charge is 2.31. The molecule has 1 atom stereocenters. The van der Waals surface area contributed by atoms with Crippen LogP contribution in [-0.2, 0) is 14.3 Å². The lowest BCUT2D eigenvalue weighted by Gasteiger charge is -2.34. The number of nitrogens with one attached hydrogen (secondary N) is 1. The molecular formula is C22H24N4O4. The number of pyridine rings is 1.